The molecule has 0 aliphatic heterocycles. The normalized spacial score (nSPS) is 11.7. The summed E-state index contributed by atoms with van der Waals surface area (Å²) in [5.41, 5.74) is 4.30. The average Bonchev–Trinajstić information content (AvgIpc) is 2.79. The zero-order valence-electron chi connectivity index (χ0n) is 19.7. The number of aliphatic hydroxyl groups excluding tert-OH is 2. The second-order valence-electron chi connectivity index (χ2n) is 7.29. The number of aliphatic hydroxyl groups is 2. The third-order valence-corrected chi connectivity index (χ3v) is 4.32. The Morgan fingerprint density at radius 1 is 1.00 bits per heavy atom. The van der Waals surface area contributed by atoms with Crippen LogP contribution in [0.2, 0.25) is 0 Å². The van der Waals surface area contributed by atoms with Crippen molar-refractivity contribution in [1.82, 2.24) is 10.2 Å². The number of nitrogens with one attached hydrogen (secondary N) is 1. The summed E-state index contributed by atoms with van der Waals surface area (Å²) in [5, 5.41) is 21.5. The lowest BCUT2D eigenvalue weighted by Gasteiger charge is -2.29. The zero-order chi connectivity index (χ0) is 23.6. The van der Waals surface area contributed by atoms with Gasteiger partial charge in [-0.1, -0.05) is 80.6 Å². The minimum atomic E-state index is -1.38. The molecule has 0 radical (unpaired) electrons. The Balaban J connectivity index is 0.000000517. The van der Waals surface area contributed by atoms with Gasteiger partial charge in [0, 0.05) is 18.8 Å². The van der Waals surface area contributed by atoms with Crippen molar-refractivity contribution in [3.8, 4) is 11.1 Å². The molecule has 0 aliphatic rings. The van der Waals surface area contributed by atoms with Crippen LogP contribution in [0.1, 0.15) is 32.3 Å². The lowest BCUT2D eigenvalue weighted by Crippen LogP contribution is -2.38. The zero-order valence-corrected chi connectivity index (χ0v) is 19.7. The second kappa shape index (κ2) is 17.2. The summed E-state index contributed by atoms with van der Waals surface area (Å²) in [5.74, 6) is 0. The van der Waals surface area contributed by atoms with Gasteiger partial charge in [0.15, 0.2) is 6.29 Å². The lowest BCUT2D eigenvalue weighted by atomic mass is 10.0. The summed E-state index contributed by atoms with van der Waals surface area (Å²) in [4.78, 5) is 12.2. The lowest BCUT2D eigenvalue weighted by molar-refractivity contribution is -0.119. The molecule has 0 spiro atoms. The van der Waals surface area contributed by atoms with Gasteiger partial charge in [0.25, 0.3) is 0 Å². The molecule has 0 saturated carbocycles. The highest BCUT2D eigenvalue weighted by Crippen LogP contribution is 2.19. The molecule has 2 atom stereocenters. The van der Waals surface area contributed by atoms with E-state index in [1.165, 1.54) is 16.7 Å². The number of nitrogens with zero attached hydrogens (tertiary/aromatic N) is 1. The predicted octanol–water partition coefficient (Wildman–Crippen LogP) is 4.04. The van der Waals surface area contributed by atoms with E-state index in [1.54, 1.807) is 0 Å². The molecule has 0 amide bonds. The standard InChI is InChI=1S/C13H12.C11H21NO3.C2H7N/c1-11-6-5-9-13(10-11)12-7-3-2-4-8-12;1-4-6-12(7-5-2)9(3)11(15)10(14)8-13;1-3-2/h2-10H,1H3;8,10-11,14-15H,3-7H2,1-2H3;3H,1-2H3. The van der Waals surface area contributed by atoms with Crippen LogP contribution in [0, 0.1) is 6.92 Å². The van der Waals surface area contributed by atoms with Gasteiger partial charge >= 0.3 is 0 Å². The van der Waals surface area contributed by atoms with E-state index in [-0.39, 0.29) is 0 Å². The van der Waals surface area contributed by atoms with E-state index < -0.39 is 12.2 Å². The van der Waals surface area contributed by atoms with Gasteiger partial charge < -0.3 is 25.2 Å². The molecule has 2 unspecified atom stereocenters. The van der Waals surface area contributed by atoms with Gasteiger partial charge in [-0.2, -0.15) is 0 Å². The minimum absolute atomic E-state index is 0.325. The Kier molecular flexibility index (Phi) is 15.9. The smallest absolute Gasteiger partial charge is 0.151 e. The van der Waals surface area contributed by atoms with Crippen molar-refractivity contribution in [3.63, 3.8) is 0 Å². The molecule has 0 aromatic heterocycles. The summed E-state index contributed by atoms with van der Waals surface area (Å²) in [6, 6.07) is 19.0. The maximum atomic E-state index is 10.3. The van der Waals surface area contributed by atoms with Crippen LogP contribution in [0.3, 0.4) is 0 Å². The first-order valence-electron chi connectivity index (χ1n) is 10.8. The molecule has 0 aliphatic carbocycles. The Morgan fingerprint density at radius 2 is 1.52 bits per heavy atom. The second-order valence-corrected chi connectivity index (χ2v) is 7.29. The van der Waals surface area contributed by atoms with Gasteiger partial charge in [-0.25, -0.2) is 0 Å². The van der Waals surface area contributed by atoms with Crippen LogP contribution in [0.15, 0.2) is 66.9 Å². The molecule has 0 fully saturated rings. The molecule has 31 heavy (non-hydrogen) atoms. The fraction of sp³-hybridized carbons (Fsp3) is 0.423. The number of hydrogen-bond acceptors (Lipinski definition) is 5. The number of carbonyl (C=O) groups excluding carboxylic acids is 1. The first kappa shape index (κ1) is 28.5. The van der Waals surface area contributed by atoms with Crippen molar-refractivity contribution in [2.24, 2.45) is 0 Å². The molecular formula is C26H40N2O3. The third kappa shape index (κ3) is 11.5. The summed E-state index contributed by atoms with van der Waals surface area (Å²) in [6.07, 6.45) is -0.382. The monoisotopic (exact) mass is 428 g/mol. The maximum absolute atomic E-state index is 10.3. The van der Waals surface area contributed by atoms with Crippen molar-refractivity contribution in [2.45, 2.75) is 45.8 Å². The third-order valence-electron chi connectivity index (χ3n) is 4.32. The van der Waals surface area contributed by atoms with E-state index in [0.717, 1.165) is 25.9 Å². The number of aryl methyl sites for hydroxylation is 1. The molecule has 2 aromatic rings. The molecule has 5 nitrogen and oxygen atoms in total. The fourth-order valence-electron chi connectivity index (χ4n) is 2.85. The van der Waals surface area contributed by atoms with Gasteiger partial charge in [-0.3, -0.25) is 0 Å². The molecule has 0 bridgehead atoms. The van der Waals surface area contributed by atoms with Crippen molar-refractivity contribution in [3.05, 3.63) is 72.4 Å². The first-order valence-corrected chi connectivity index (χ1v) is 10.8. The molecule has 5 heteroatoms. The molecule has 3 N–H and O–H groups in total. The van der Waals surface area contributed by atoms with Crippen molar-refractivity contribution >= 4 is 6.29 Å². The van der Waals surface area contributed by atoms with Crippen LogP contribution in [0.5, 0.6) is 0 Å². The molecular weight excluding hydrogens is 388 g/mol. The number of rotatable bonds is 9. The predicted molar refractivity (Wildman–Crippen MR) is 131 cm³/mol. The quantitative estimate of drug-likeness (QED) is 0.526. The Hall–Kier alpha value is -2.47. The van der Waals surface area contributed by atoms with E-state index in [0.29, 0.717) is 12.0 Å². The molecule has 172 valence electrons. The Morgan fingerprint density at radius 3 is 1.97 bits per heavy atom. The fourth-order valence-corrected chi connectivity index (χ4v) is 2.85. The van der Waals surface area contributed by atoms with E-state index in [2.05, 4.69) is 67.4 Å². The summed E-state index contributed by atoms with van der Waals surface area (Å²) >= 11 is 0. The van der Waals surface area contributed by atoms with Gasteiger partial charge in [-0.15, -0.1) is 0 Å². The van der Waals surface area contributed by atoms with Gasteiger partial charge in [-0.05, 0) is 45.0 Å². The summed E-state index contributed by atoms with van der Waals surface area (Å²) in [7, 11) is 3.75. The Labute approximate surface area is 188 Å². The number of benzene rings is 2. The van der Waals surface area contributed by atoms with Gasteiger partial charge in [0.2, 0.25) is 0 Å². The highest BCUT2D eigenvalue weighted by molar-refractivity contribution is 5.63. The SMILES string of the molecule is C=C(C(O)C(O)C=O)N(CCC)CCC.CNC.Cc1cccc(-c2ccccc2)c1. The summed E-state index contributed by atoms with van der Waals surface area (Å²) < 4.78 is 0. The van der Waals surface area contributed by atoms with E-state index in [1.807, 2.05) is 38.9 Å². The number of hydrogen-bond donors (Lipinski definition) is 3. The summed E-state index contributed by atoms with van der Waals surface area (Å²) in [6.45, 7) is 11.4. The van der Waals surface area contributed by atoms with E-state index >= 15 is 0 Å². The highest BCUT2D eigenvalue weighted by Gasteiger charge is 2.22. The molecule has 0 saturated heterocycles. The highest BCUT2D eigenvalue weighted by atomic mass is 16.3. The van der Waals surface area contributed by atoms with Crippen molar-refractivity contribution in [1.29, 1.82) is 0 Å². The number of carbonyl (C=O) groups is 1. The van der Waals surface area contributed by atoms with Crippen molar-refractivity contribution < 1.29 is 15.0 Å². The molecule has 2 rings (SSSR count). The van der Waals surface area contributed by atoms with Crippen LogP contribution < -0.4 is 5.32 Å². The van der Waals surface area contributed by atoms with E-state index in [4.69, 9.17) is 0 Å². The van der Waals surface area contributed by atoms with Crippen LogP contribution >= 0.6 is 0 Å². The van der Waals surface area contributed by atoms with Gasteiger partial charge in [0.1, 0.15) is 12.2 Å². The van der Waals surface area contributed by atoms with Gasteiger partial charge in [0.05, 0.1) is 0 Å². The minimum Gasteiger partial charge on any atom is -0.384 e. The average molecular weight is 429 g/mol. The van der Waals surface area contributed by atoms with E-state index in [9.17, 15) is 15.0 Å². The molecule has 2 aromatic carbocycles. The van der Waals surface area contributed by atoms with Crippen LogP contribution in [-0.4, -0.2) is 60.8 Å². The van der Waals surface area contributed by atoms with Crippen LogP contribution in [-0.2, 0) is 4.79 Å². The Bertz CT molecular complexity index is 728. The maximum Gasteiger partial charge on any atom is 0.151 e. The van der Waals surface area contributed by atoms with Crippen molar-refractivity contribution in [2.75, 3.05) is 27.2 Å². The van der Waals surface area contributed by atoms with Crippen LogP contribution in [0.25, 0.3) is 11.1 Å². The molecule has 0 heterocycles. The largest absolute Gasteiger partial charge is 0.384 e. The van der Waals surface area contributed by atoms with Crippen LogP contribution in [0.4, 0.5) is 0 Å². The first-order chi connectivity index (χ1) is 14.9. The number of aldehydes is 1. The topological polar surface area (TPSA) is 72.8 Å².